The van der Waals surface area contributed by atoms with E-state index in [-0.39, 0.29) is 18.5 Å². The van der Waals surface area contributed by atoms with Crippen LogP contribution < -0.4 is 0 Å². The summed E-state index contributed by atoms with van der Waals surface area (Å²) in [6, 6.07) is 16.2. The van der Waals surface area contributed by atoms with Gasteiger partial charge in [-0.3, -0.25) is 4.79 Å². The number of nitriles is 1. The van der Waals surface area contributed by atoms with Gasteiger partial charge in [-0.15, -0.1) is 0 Å². The van der Waals surface area contributed by atoms with Gasteiger partial charge in [-0.25, -0.2) is 0 Å². The summed E-state index contributed by atoms with van der Waals surface area (Å²) < 4.78 is 0. The van der Waals surface area contributed by atoms with E-state index in [1.54, 1.807) is 4.90 Å². The Morgan fingerprint density at radius 3 is 2.55 bits per heavy atom. The minimum absolute atomic E-state index is 0.00293. The van der Waals surface area contributed by atoms with Crippen LogP contribution in [0.2, 0.25) is 0 Å². The lowest BCUT2D eigenvalue weighted by atomic mass is 10.0. The highest BCUT2D eigenvalue weighted by atomic mass is 16.2. The van der Waals surface area contributed by atoms with Crippen LogP contribution in [-0.2, 0) is 11.2 Å². The van der Waals surface area contributed by atoms with Gasteiger partial charge in [0.1, 0.15) is 6.54 Å². The average molecular weight is 266 g/mol. The number of nitrogens with zero attached hydrogens (tertiary/aromatic N) is 2. The molecule has 0 aliphatic heterocycles. The number of amides is 1. The highest BCUT2D eigenvalue weighted by Gasteiger charge is 2.16. The van der Waals surface area contributed by atoms with Crippen LogP contribution in [-0.4, -0.2) is 23.4 Å². The molecule has 3 heteroatoms. The predicted molar refractivity (Wildman–Crippen MR) is 80.1 cm³/mol. The molecule has 3 nitrogen and oxygen atoms in total. The molecule has 0 unspecified atom stereocenters. The second kappa shape index (κ2) is 6.21. The van der Waals surface area contributed by atoms with Gasteiger partial charge < -0.3 is 4.90 Å². The molecule has 0 saturated heterocycles. The SMILES string of the molecule is CC(C)N(CC#N)C(=O)Cc1ccc2ccccc2c1. The Kier molecular flexibility index (Phi) is 4.37. The smallest absolute Gasteiger partial charge is 0.228 e. The number of benzene rings is 2. The monoisotopic (exact) mass is 266 g/mol. The summed E-state index contributed by atoms with van der Waals surface area (Å²) in [4.78, 5) is 13.9. The van der Waals surface area contributed by atoms with E-state index in [0.29, 0.717) is 6.42 Å². The Balaban J connectivity index is 2.18. The van der Waals surface area contributed by atoms with Crippen molar-refractivity contribution in [1.29, 1.82) is 5.26 Å². The van der Waals surface area contributed by atoms with Crippen LogP contribution in [0.3, 0.4) is 0 Å². The number of rotatable bonds is 4. The lowest BCUT2D eigenvalue weighted by Gasteiger charge is -2.23. The van der Waals surface area contributed by atoms with E-state index in [9.17, 15) is 4.79 Å². The van der Waals surface area contributed by atoms with Crippen LogP contribution >= 0.6 is 0 Å². The van der Waals surface area contributed by atoms with Gasteiger partial charge >= 0.3 is 0 Å². The van der Waals surface area contributed by atoms with Crippen LogP contribution in [0.4, 0.5) is 0 Å². The molecule has 102 valence electrons. The van der Waals surface area contributed by atoms with Crippen molar-refractivity contribution in [2.24, 2.45) is 0 Å². The minimum atomic E-state index is -0.00293. The van der Waals surface area contributed by atoms with Crippen molar-refractivity contribution < 1.29 is 4.79 Å². The Morgan fingerprint density at radius 2 is 1.90 bits per heavy atom. The van der Waals surface area contributed by atoms with Crippen LogP contribution in [0.25, 0.3) is 10.8 Å². The second-order valence-electron chi connectivity index (χ2n) is 5.13. The van der Waals surface area contributed by atoms with Crippen LogP contribution in [0.1, 0.15) is 19.4 Å². The first kappa shape index (κ1) is 14.1. The van der Waals surface area contributed by atoms with Crippen LogP contribution in [0, 0.1) is 11.3 Å². The molecule has 0 radical (unpaired) electrons. The van der Waals surface area contributed by atoms with E-state index in [2.05, 4.69) is 12.1 Å². The zero-order valence-corrected chi connectivity index (χ0v) is 11.8. The first-order chi connectivity index (χ1) is 9.61. The summed E-state index contributed by atoms with van der Waals surface area (Å²) in [5.74, 6) is -0.00293. The molecule has 0 aliphatic rings. The quantitative estimate of drug-likeness (QED) is 0.798. The van der Waals surface area contributed by atoms with Gasteiger partial charge in [-0.2, -0.15) is 5.26 Å². The summed E-state index contributed by atoms with van der Waals surface area (Å²) in [5, 5.41) is 11.1. The lowest BCUT2D eigenvalue weighted by molar-refractivity contribution is -0.131. The van der Waals surface area contributed by atoms with E-state index >= 15 is 0 Å². The van der Waals surface area contributed by atoms with E-state index in [4.69, 9.17) is 5.26 Å². The Bertz CT molecular complexity index is 655. The molecular weight excluding hydrogens is 248 g/mol. The fraction of sp³-hybridized carbons (Fsp3) is 0.294. The molecule has 0 spiro atoms. The molecule has 0 bridgehead atoms. The van der Waals surface area contributed by atoms with Crippen LogP contribution in [0.5, 0.6) is 0 Å². The van der Waals surface area contributed by atoms with Gasteiger partial charge in [0.25, 0.3) is 0 Å². The van der Waals surface area contributed by atoms with E-state index in [1.165, 1.54) is 5.39 Å². The van der Waals surface area contributed by atoms with Gasteiger partial charge in [0.2, 0.25) is 5.91 Å². The zero-order valence-electron chi connectivity index (χ0n) is 11.8. The van der Waals surface area contributed by atoms with E-state index in [1.807, 2.05) is 50.2 Å². The number of carbonyl (C=O) groups excluding carboxylic acids is 1. The molecule has 2 aromatic rings. The van der Waals surface area contributed by atoms with Crippen molar-refractivity contribution >= 4 is 16.7 Å². The fourth-order valence-electron chi connectivity index (χ4n) is 2.26. The number of fused-ring (bicyclic) bond motifs is 1. The summed E-state index contributed by atoms with van der Waals surface area (Å²) in [6.07, 6.45) is 0.338. The molecule has 0 aliphatic carbocycles. The molecule has 1 amide bonds. The minimum Gasteiger partial charge on any atom is -0.327 e. The highest BCUT2D eigenvalue weighted by Crippen LogP contribution is 2.16. The molecule has 0 fully saturated rings. The molecule has 2 rings (SSSR count). The third kappa shape index (κ3) is 3.16. The van der Waals surface area contributed by atoms with Gasteiger partial charge in [0, 0.05) is 6.04 Å². The zero-order chi connectivity index (χ0) is 14.5. The predicted octanol–water partition coefficient (Wildman–Crippen LogP) is 3.14. The normalized spacial score (nSPS) is 10.5. The molecule has 0 saturated carbocycles. The largest absolute Gasteiger partial charge is 0.327 e. The molecule has 20 heavy (non-hydrogen) atoms. The maximum atomic E-state index is 12.3. The average Bonchev–Trinajstić information content (AvgIpc) is 2.44. The summed E-state index contributed by atoms with van der Waals surface area (Å²) in [6.45, 7) is 4.00. The maximum absolute atomic E-state index is 12.3. The number of hydrogen-bond donors (Lipinski definition) is 0. The first-order valence-corrected chi connectivity index (χ1v) is 6.76. The van der Waals surface area contributed by atoms with Crippen molar-refractivity contribution in [2.75, 3.05) is 6.54 Å². The number of carbonyl (C=O) groups is 1. The molecule has 0 heterocycles. The van der Waals surface area contributed by atoms with Gasteiger partial charge in [0.15, 0.2) is 0 Å². The molecule has 0 N–H and O–H groups in total. The summed E-state index contributed by atoms with van der Waals surface area (Å²) in [5.41, 5.74) is 0.984. The Hall–Kier alpha value is -2.34. The number of hydrogen-bond acceptors (Lipinski definition) is 2. The standard InChI is InChI=1S/C17H18N2O/c1-13(2)19(10-9-18)17(20)12-14-7-8-15-5-3-4-6-16(15)11-14/h3-8,11,13H,10,12H2,1-2H3. The second-order valence-corrected chi connectivity index (χ2v) is 5.13. The van der Waals surface area contributed by atoms with Crippen LogP contribution in [0.15, 0.2) is 42.5 Å². The maximum Gasteiger partial charge on any atom is 0.228 e. The van der Waals surface area contributed by atoms with Crippen molar-refractivity contribution in [3.63, 3.8) is 0 Å². The third-order valence-electron chi connectivity index (χ3n) is 3.35. The van der Waals surface area contributed by atoms with Gasteiger partial charge in [0.05, 0.1) is 12.5 Å². The van der Waals surface area contributed by atoms with Gasteiger partial charge in [-0.1, -0.05) is 42.5 Å². The molecule has 2 aromatic carbocycles. The highest BCUT2D eigenvalue weighted by molar-refractivity contribution is 5.85. The first-order valence-electron chi connectivity index (χ1n) is 6.76. The summed E-state index contributed by atoms with van der Waals surface area (Å²) in [7, 11) is 0. The Labute approximate surface area is 119 Å². The van der Waals surface area contributed by atoms with Gasteiger partial charge in [-0.05, 0) is 30.2 Å². The lowest BCUT2D eigenvalue weighted by Crippen LogP contribution is -2.38. The van der Waals surface area contributed by atoms with Crippen molar-refractivity contribution in [1.82, 2.24) is 4.90 Å². The van der Waals surface area contributed by atoms with Crippen molar-refractivity contribution in [3.05, 3.63) is 48.0 Å². The van der Waals surface area contributed by atoms with Crippen molar-refractivity contribution in [2.45, 2.75) is 26.3 Å². The molecular formula is C17H18N2O. The Morgan fingerprint density at radius 1 is 1.20 bits per heavy atom. The van der Waals surface area contributed by atoms with E-state index in [0.717, 1.165) is 10.9 Å². The van der Waals surface area contributed by atoms with E-state index < -0.39 is 0 Å². The topological polar surface area (TPSA) is 44.1 Å². The summed E-state index contributed by atoms with van der Waals surface area (Å²) >= 11 is 0. The molecule has 0 aromatic heterocycles. The molecule has 0 atom stereocenters. The fourth-order valence-corrected chi connectivity index (χ4v) is 2.26. The van der Waals surface area contributed by atoms with Crippen molar-refractivity contribution in [3.8, 4) is 6.07 Å². The third-order valence-corrected chi connectivity index (χ3v) is 3.35.